The fourth-order valence-corrected chi connectivity index (χ4v) is 3.44. The first kappa shape index (κ1) is 19.5. The standard InChI is InChI=1S/C20H23BrN2O4/c1-22(11-13-26-17-8-6-16(21)7-9-17)19(24)15-4-2-10-23(14-15)20(25)18-5-3-12-27-18/h3,5-9,12,15H,2,4,10-11,13-14H2,1H3/t15-/m0/s1. The highest BCUT2D eigenvalue weighted by Crippen LogP contribution is 2.21. The van der Waals surface area contributed by atoms with E-state index in [1.807, 2.05) is 24.3 Å². The lowest BCUT2D eigenvalue weighted by atomic mass is 9.96. The molecule has 1 aliphatic rings. The number of piperidine rings is 1. The van der Waals surface area contributed by atoms with E-state index >= 15 is 0 Å². The Morgan fingerprint density at radius 1 is 1.30 bits per heavy atom. The molecule has 0 spiro atoms. The summed E-state index contributed by atoms with van der Waals surface area (Å²) in [6.07, 6.45) is 3.09. The van der Waals surface area contributed by atoms with E-state index in [0.717, 1.165) is 23.1 Å². The molecule has 1 aromatic carbocycles. The van der Waals surface area contributed by atoms with Gasteiger partial charge in [-0.05, 0) is 49.2 Å². The zero-order valence-electron chi connectivity index (χ0n) is 15.3. The summed E-state index contributed by atoms with van der Waals surface area (Å²) in [5, 5.41) is 0. The Bertz CT molecular complexity index is 761. The van der Waals surface area contributed by atoms with Crippen molar-refractivity contribution < 1.29 is 18.7 Å². The Morgan fingerprint density at radius 2 is 2.07 bits per heavy atom. The first-order valence-electron chi connectivity index (χ1n) is 9.00. The fourth-order valence-electron chi connectivity index (χ4n) is 3.17. The first-order chi connectivity index (χ1) is 13.0. The van der Waals surface area contributed by atoms with Gasteiger partial charge in [0.05, 0.1) is 18.7 Å². The second-order valence-electron chi connectivity index (χ2n) is 6.63. The Morgan fingerprint density at radius 3 is 2.78 bits per heavy atom. The lowest BCUT2D eigenvalue weighted by molar-refractivity contribution is -0.135. The molecule has 0 radical (unpaired) electrons. The SMILES string of the molecule is CN(CCOc1ccc(Br)cc1)C(=O)[C@H]1CCCN(C(=O)c2ccco2)C1. The molecule has 0 unspecified atom stereocenters. The third-order valence-electron chi connectivity index (χ3n) is 4.68. The second kappa shape index (κ2) is 9.08. The monoisotopic (exact) mass is 434 g/mol. The number of rotatable bonds is 6. The van der Waals surface area contributed by atoms with Gasteiger partial charge in [-0.1, -0.05) is 15.9 Å². The van der Waals surface area contributed by atoms with Crippen molar-refractivity contribution in [1.82, 2.24) is 9.80 Å². The summed E-state index contributed by atoms with van der Waals surface area (Å²) in [5.74, 6) is 0.798. The number of nitrogens with zero attached hydrogens (tertiary/aromatic N) is 2. The number of carbonyl (C=O) groups is 2. The number of hydrogen-bond donors (Lipinski definition) is 0. The molecule has 0 aliphatic carbocycles. The Labute approximate surface area is 167 Å². The number of carbonyl (C=O) groups excluding carboxylic acids is 2. The number of halogens is 1. The number of amides is 2. The molecule has 7 heteroatoms. The van der Waals surface area contributed by atoms with Gasteiger partial charge < -0.3 is 19.0 Å². The van der Waals surface area contributed by atoms with Crippen molar-refractivity contribution in [2.24, 2.45) is 5.92 Å². The van der Waals surface area contributed by atoms with Crippen molar-refractivity contribution in [3.63, 3.8) is 0 Å². The predicted molar refractivity (Wildman–Crippen MR) is 105 cm³/mol. The lowest BCUT2D eigenvalue weighted by Crippen LogP contribution is -2.46. The number of likely N-dealkylation sites (N-methyl/N-ethyl adjacent to an activating group) is 1. The van der Waals surface area contributed by atoms with E-state index in [2.05, 4.69) is 15.9 Å². The normalized spacial score (nSPS) is 16.8. The molecule has 0 saturated carbocycles. The molecule has 2 heterocycles. The summed E-state index contributed by atoms with van der Waals surface area (Å²) in [4.78, 5) is 28.6. The second-order valence-corrected chi connectivity index (χ2v) is 7.55. The maximum atomic E-state index is 12.7. The van der Waals surface area contributed by atoms with E-state index in [1.54, 1.807) is 29.0 Å². The average Bonchev–Trinajstić information content (AvgIpc) is 3.23. The van der Waals surface area contributed by atoms with Gasteiger partial charge in [0.15, 0.2) is 5.76 Å². The van der Waals surface area contributed by atoms with Crippen LogP contribution in [0, 0.1) is 5.92 Å². The minimum atomic E-state index is -0.185. The molecule has 2 amide bonds. The number of benzene rings is 1. The van der Waals surface area contributed by atoms with Crippen LogP contribution in [0.3, 0.4) is 0 Å². The first-order valence-corrected chi connectivity index (χ1v) is 9.80. The van der Waals surface area contributed by atoms with Crippen LogP contribution >= 0.6 is 15.9 Å². The van der Waals surface area contributed by atoms with Crippen LogP contribution in [-0.2, 0) is 4.79 Å². The van der Waals surface area contributed by atoms with Gasteiger partial charge in [0.1, 0.15) is 12.4 Å². The van der Waals surface area contributed by atoms with Crippen molar-refractivity contribution in [2.75, 3.05) is 33.3 Å². The molecule has 27 heavy (non-hydrogen) atoms. The van der Waals surface area contributed by atoms with Crippen LogP contribution < -0.4 is 4.74 Å². The average molecular weight is 435 g/mol. The summed E-state index contributed by atoms with van der Waals surface area (Å²) in [6.45, 7) is 2.00. The van der Waals surface area contributed by atoms with Crippen molar-refractivity contribution in [3.8, 4) is 5.75 Å². The molecule has 1 aromatic heterocycles. The summed E-state index contributed by atoms with van der Waals surface area (Å²) >= 11 is 3.39. The van der Waals surface area contributed by atoms with Gasteiger partial charge in [-0.15, -0.1) is 0 Å². The van der Waals surface area contributed by atoms with Gasteiger partial charge >= 0.3 is 0 Å². The van der Waals surface area contributed by atoms with Gasteiger partial charge in [-0.2, -0.15) is 0 Å². The van der Waals surface area contributed by atoms with E-state index in [9.17, 15) is 9.59 Å². The summed E-state index contributed by atoms with van der Waals surface area (Å²) in [5.41, 5.74) is 0. The maximum Gasteiger partial charge on any atom is 0.289 e. The predicted octanol–water partition coefficient (Wildman–Crippen LogP) is 3.43. The smallest absolute Gasteiger partial charge is 0.289 e. The molecular weight excluding hydrogens is 412 g/mol. The van der Waals surface area contributed by atoms with Crippen LogP contribution in [0.15, 0.2) is 51.6 Å². The molecule has 6 nitrogen and oxygen atoms in total. The highest BCUT2D eigenvalue weighted by molar-refractivity contribution is 9.10. The van der Waals surface area contributed by atoms with Gasteiger partial charge in [-0.25, -0.2) is 0 Å². The van der Waals surface area contributed by atoms with Crippen molar-refractivity contribution in [1.29, 1.82) is 0 Å². The van der Waals surface area contributed by atoms with E-state index in [1.165, 1.54) is 6.26 Å². The zero-order chi connectivity index (χ0) is 19.2. The molecule has 1 atom stereocenters. The van der Waals surface area contributed by atoms with Crippen LogP contribution in [0.5, 0.6) is 5.75 Å². The Balaban J connectivity index is 1.48. The molecule has 1 aliphatic heterocycles. The number of ether oxygens (including phenoxy) is 1. The largest absolute Gasteiger partial charge is 0.492 e. The van der Waals surface area contributed by atoms with Crippen molar-refractivity contribution >= 4 is 27.7 Å². The molecular formula is C20H23BrN2O4. The van der Waals surface area contributed by atoms with Gasteiger partial charge in [0, 0.05) is 24.6 Å². The highest BCUT2D eigenvalue weighted by atomic mass is 79.9. The van der Waals surface area contributed by atoms with Crippen LogP contribution in [-0.4, -0.2) is 54.9 Å². The third kappa shape index (κ3) is 5.13. The van der Waals surface area contributed by atoms with E-state index < -0.39 is 0 Å². The maximum absolute atomic E-state index is 12.7. The molecule has 0 bridgehead atoms. The van der Waals surface area contributed by atoms with Crippen molar-refractivity contribution in [2.45, 2.75) is 12.8 Å². The van der Waals surface area contributed by atoms with Gasteiger partial charge in [0.2, 0.25) is 5.91 Å². The Hall–Kier alpha value is -2.28. The minimum absolute atomic E-state index is 0.0475. The summed E-state index contributed by atoms with van der Waals surface area (Å²) in [7, 11) is 1.78. The molecule has 0 N–H and O–H groups in total. The number of hydrogen-bond acceptors (Lipinski definition) is 4. The van der Waals surface area contributed by atoms with Gasteiger partial charge in [0.25, 0.3) is 5.91 Å². The van der Waals surface area contributed by atoms with Crippen molar-refractivity contribution in [3.05, 3.63) is 52.9 Å². The van der Waals surface area contributed by atoms with Gasteiger partial charge in [-0.3, -0.25) is 9.59 Å². The van der Waals surface area contributed by atoms with E-state index in [0.29, 0.717) is 32.0 Å². The fraction of sp³-hybridized carbons (Fsp3) is 0.400. The Kier molecular flexibility index (Phi) is 6.55. The quantitative estimate of drug-likeness (QED) is 0.698. The summed E-state index contributed by atoms with van der Waals surface area (Å²) < 4.78 is 11.9. The molecule has 2 aromatic rings. The summed E-state index contributed by atoms with van der Waals surface area (Å²) in [6, 6.07) is 10.9. The molecule has 3 rings (SSSR count). The highest BCUT2D eigenvalue weighted by Gasteiger charge is 2.31. The minimum Gasteiger partial charge on any atom is -0.492 e. The number of furan rings is 1. The third-order valence-corrected chi connectivity index (χ3v) is 5.20. The lowest BCUT2D eigenvalue weighted by Gasteiger charge is -2.33. The molecule has 144 valence electrons. The van der Waals surface area contributed by atoms with E-state index in [-0.39, 0.29) is 17.7 Å². The van der Waals surface area contributed by atoms with E-state index in [4.69, 9.17) is 9.15 Å². The zero-order valence-corrected chi connectivity index (χ0v) is 16.9. The number of likely N-dealkylation sites (tertiary alicyclic amines) is 1. The van der Waals surface area contributed by atoms with Crippen LogP contribution in [0.25, 0.3) is 0 Å². The topological polar surface area (TPSA) is 63.0 Å². The van der Waals surface area contributed by atoms with Crippen LogP contribution in [0.1, 0.15) is 23.4 Å². The molecule has 1 fully saturated rings. The molecule has 1 saturated heterocycles. The van der Waals surface area contributed by atoms with Crippen LogP contribution in [0.2, 0.25) is 0 Å². The van der Waals surface area contributed by atoms with Crippen LogP contribution in [0.4, 0.5) is 0 Å².